The second-order valence-electron chi connectivity index (χ2n) is 5.23. The summed E-state index contributed by atoms with van der Waals surface area (Å²) in [6, 6.07) is 8.13. The van der Waals surface area contributed by atoms with Gasteiger partial charge in [-0.2, -0.15) is 5.26 Å². The van der Waals surface area contributed by atoms with E-state index in [0.717, 1.165) is 18.5 Å². The summed E-state index contributed by atoms with van der Waals surface area (Å²) in [6.45, 7) is 0.686. The number of fused-ring (bicyclic) bond motifs is 1. The van der Waals surface area contributed by atoms with Crippen molar-refractivity contribution in [1.82, 2.24) is 0 Å². The Morgan fingerprint density at radius 3 is 2.80 bits per heavy atom. The van der Waals surface area contributed by atoms with Crippen LogP contribution < -0.4 is 9.80 Å². The second kappa shape index (κ2) is 4.64. The zero-order valence-corrected chi connectivity index (χ0v) is 11.3. The average Bonchev–Trinajstić information content (AvgIpc) is 3.27. The normalized spacial score (nSPS) is 17.1. The van der Waals surface area contributed by atoms with Gasteiger partial charge in [-0.15, -0.1) is 0 Å². The van der Waals surface area contributed by atoms with Crippen molar-refractivity contribution in [3.8, 4) is 6.07 Å². The van der Waals surface area contributed by atoms with Crippen molar-refractivity contribution in [2.45, 2.75) is 25.3 Å². The van der Waals surface area contributed by atoms with Gasteiger partial charge in [0.1, 0.15) is 0 Å². The van der Waals surface area contributed by atoms with Crippen molar-refractivity contribution in [2.75, 3.05) is 23.4 Å². The minimum Gasteiger partial charge on any atom is -0.367 e. The van der Waals surface area contributed by atoms with E-state index >= 15 is 0 Å². The number of anilines is 2. The number of hydrogen-bond acceptors (Lipinski definition) is 4. The molecule has 0 radical (unpaired) electrons. The molecule has 0 saturated heterocycles. The maximum atomic E-state index is 11.8. The molecule has 0 atom stereocenters. The van der Waals surface area contributed by atoms with Crippen LogP contribution >= 0.6 is 0 Å². The molecule has 5 nitrogen and oxygen atoms in total. The van der Waals surface area contributed by atoms with Crippen LogP contribution in [0.15, 0.2) is 18.2 Å². The number of carbonyl (C=O) groups excluding carboxylic acids is 2. The van der Waals surface area contributed by atoms with E-state index in [-0.39, 0.29) is 0 Å². The number of benzene rings is 1. The van der Waals surface area contributed by atoms with E-state index < -0.39 is 11.7 Å². The lowest BCUT2D eigenvalue weighted by Gasteiger charge is -2.24. The van der Waals surface area contributed by atoms with E-state index in [2.05, 4.69) is 11.0 Å². The number of Topliss-reactive ketones (excluding diaryl/α,β-unsaturated/α-hetero) is 1. The van der Waals surface area contributed by atoms with E-state index in [4.69, 9.17) is 5.26 Å². The Kier molecular flexibility index (Phi) is 2.94. The largest absolute Gasteiger partial charge is 0.367 e. The average molecular weight is 269 g/mol. The van der Waals surface area contributed by atoms with Gasteiger partial charge in [-0.05, 0) is 31.0 Å². The molecule has 1 fully saturated rings. The fourth-order valence-electron chi connectivity index (χ4n) is 2.62. The number of nitrogens with zero attached hydrogens (tertiary/aromatic N) is 3. The van der Waals surface area contributed by atoms with Gasteiger partial charge in [-0.1, -0.05) is 0 Å². The lowest BCUT2D eigenvalue weighted by Crippen LogP contribution is -2.27. The Hall–Kier alpha value is -2.35. The van der Waals surface area contributed by atoms with Crippen LogP contribution in [0, 0.1) is 11.3 Å². The maximum Gasteiger partial charge on any atom is 0.299 e. The molecule has 1 aromatic carbocycles. The highest BCUT2D eigenvalue weighted by atomic mass is 16.2. The summed E-state index contributed by atoms with van der Waals surface area (Å²) in [4.78, 5) is 27.0. The molecule has 1 amide bonds. The Balaban J connectivity index is 1.94. The van der Waals surface area contributed by atoms with Gasteiger partial charge in [0.15, 0.2) is 0 Å². The summed E-state index contributed by atoms with van der Waals surface area (Å²) < 4.78 is 0. The molecule has 102 valence electrons. The highest BCUT2D eigenvalue weighted by Crippen LogP contribution is 2.36. The van der Waals surface area contributed by atoms with Gasteiger partial charge >= 0.3 is 0 Å². The van der Waals surface area contributed by atoms with Gasteiger partial charge in [0.25, 0.3) is 11.7 Å². The summed E-state index contributed by atoms with van der Waals surface area (Å²) in [6.07, 6.45) is 2.74. The minimum atomic E-state index is -0.479. The first kappa shape index (κ1) is 12.7. The topological polar surface area (TPSA) is 64.4 Å². The zero-order chi connectivity index (χ0) is 14.3. The summed E-state index contributed by atoms with van der Waals surface area (Å²) in [5.74, 6) is -0.920. The first-order valence-corrected chi connectivity index (χ1v) is 6.73. The summed E-state index contributed by atoms with van der Waals surface area (Å²) in [7, 11) is 1.62. The number of likely N-dealkylation sites (N-methyl/N-ethyl adjacent to an activating group) is 1. The van der Waals surface area contributed by atoms with Crippen LogP contribution in [0.3, 0.4) is 0 Å². The lowest BCUT2D eigenvalue weighted by atomic mass is 10.1. The third-order valence-electron chi connectivity index (χ3n) is 3.87. The molecule has 2 aliphatic rings. The van der Waals surface area contributed by atoms with Crippen LogP contribution in [-0.4, -0.2) is 31.3 Å². The molecule has 5 heteroatoms. The zero-order valence-electron chi connectivity index (χ0n) is 11.3. The van der Waals surface area contributed by atoms with Gasteiger partial charge in [-0.25, -0.2) is 0 Å². The van der Waals surface area contributed by atoms with Gasteiger partial charge in [0, 0.05) is 25.3 Å². The molecule has 20 heavy (non-hydrogen) atoms. The van der Waals surface area contributed by atoms with Crippen molar-refractivity contribution in [2.24, 2.45) is 0 Å². The first-order valence-electron chi connectivity index (χ1n) is 6.73. The van der Waals surface area contributed by atoms with E-state index in [0.29, 0.717) is 30.3 Å². The van der Waals surface area contributed by atoms with E-state index in [1.54, 1.807) is 13.1 Å². The SMILES string of the molecule is CN1C(=O)C(=O)c2ccc(N(CCC#N)C3CC3)cc21. The second-order valence-corrected chi connectivity index (χ2v) is 5.23. The number of ketones is 1. The summed E-state index contributed by atoms with van der Waals surface area (Å²) in [5.41, 5.74) is 2.12. The van der Waals surface area contributed by atoms with Crippen molar-refractivity contribution in [3.63, 3.8) is 0 Å². The number of amides is 1. The molecule has 1 saturated carbocycles. The van der Waals surface area contributed by atoms with Crippen molar-refractivity contribution >= 4 is 23.1 Å². The molecule has 3 rings (SSSR count). The molecule has 0 N–H and O–H groups in total. The van der Waals surface area contributed by atoms with Crippen molar-refractivity contribution in [3.05, 3.63) is 23.8 Å². The molecule has 1 aliphatic heterocycles. The molecule has 0 bridgehead atoms. The third kappa shape index (κ3) is 1.94. The minimum absolute atomic E-state index is 0.441. The van der Waals surface area contributed by atoms with Crippen LogP contribution in [0.2, 0.25) is 0 Å². The summed E-state index contributed by atoms with van der Waals surface area (Å²) >= 11 is 0. The van der Waals surface area contributed by atoms with E-state index in [1.807, 2.05) is 12.1 Å². The predicted octanol–water partition coefficient (Wildman–Crippen LogP) is 1.73. The maximum absolute atomic E-state index is 11.8. The monoisotopic (exact) mass is 269 g/mol. The van der Waals surface area contributed by atoms with Crippen LogP contribution in [-0.2, 0) is 4.79 Å². The fourth-order valence-corrected chi connectivity index (χ4v) is 2.62. The van der Waals surface area contributed by atoms with Gasteiger partial charge in [-0.3, -0.25) is 9.59 Å². The highest BCUT2D eigenvalue weighted by molar-refractivity contribution is 6.52. The Morgan fingerprint density at radius 1 is 1.40 bits per heavy atom. The quantitative estimate of drug-likeness (QED) is 0.781. The molecule has 0 spiro atoms. The fraction of sp³-hybridized carbons (Fsp3) is 0.400. The van der Waals surface area contributed by atoms with Crippen LogP contribution in [0.5, 0.6) is 0 Å². The number of nitriles is 1. The number of carbonyl (C=O) groups is 2. The van der Waals surface area contributed by atoms with Gasteiger partial charge in [0.2, 0.25) is 0 Å². The third-order valence-corrected chi connectivity index (χ3v) is 3.87. The standard InChI is InChI=1S/C15H15N3O2/c1-17-13-9-11(5-6-12(13)14(19)15(17)20)18(8-2-7-16)10-3-4-10/h5-6,9-10H,2-4,8H2,1H3. The summed E-state index contributed by atoms with van der Waals surface area (Å²) in [5, 5.41) is 8.76. The molecule has 1 aromatic rings. The van der Waals surface area contributed by atoms with Crippen molar-refractivity contribution < 1.29 is 9.59 Å². The molecule has 1 aliphatic carbocycles. The van der Waals surface area contributed by atoms with Gasteiger partial charge in [0.05, 0.1) is 23.7 Å². The smallest absolute Gasteiger partial charge is 0.299 e. The lowest BCUT2D eigenvalue weighted by molar-refractivity contribution is -0.114. The Bertz CT molecular complexity index is 628. The van der Waals surface area contributed by atoms with Crippen LogP contribution in [0.1, 0.15) is 29.6 Å². The van der Waals surface area contributed by atoms with E-state index in [9.17, 15) is 9.59 Å². The van der Waals surface area contributed by atoms with Crippen LogP contribution in [0.25, 0.3) is 0 Å². The van der Waals surface area contributed by atoms with Gasteiger partial charge < -0.3 is 9.80 Å². The number of hydrogen-bond donors (Lipinski definition) is 0. The van der Waals surface area contributed by atoms with Crippen LogP contribution in [0.4, 0.5) is 11.4 Å². The molecular formula is C15H15N3O2. The first-order chi connectivity index (χ1) is 9.63. The number of rotatable bonds is 4. The Labute approximate surface area is 117 Å². The molecule has 0 unspecified atom stereocenters. The Morgan fingerprint density at radius 2 is 2.15 bits per heavy atom. The molecule has 1 heterocycles. The van der Waals surface area contributed by atoms with Crippen molar-refractivity contribution in [1.29, 1.82) is 5.26 Å². The van der Waals surface area contributed by atoms with E-state index in [1.165, 1.54) is 4.90 Å². The molecule has 0 aromatic heterocycles. The predicted molar refractivity (Wildman–Crippen MR) is 74.8 cm³/mol. The molecular weight excluding hydrogens is 254 g/mol. The highest BCUT2D eigenvalue weighted by Gasteiger charge is 2.35.